The summed E-state index contributed by atoms with van der Waals surface area (Å²) in [6.07, 6.45) is 5.48. The molecule has 1 aromatic rings. The molecule has 3 rings (SSSR count). The second-order valence-corrected chi connectivity index (χ2v) is 7.04. The van der Waals surface area contributed by atoms with E-state index in [9.17, 15) is 4.79 Å². The van der Waals surface area contributed by atoms with Gasteiger partial charge in [-0.1, -0.05) is 6.42 Å². The Hall–Kier alpha value is -1.51. The number of hydrogen-bond acceptors (Lipinski definition) is 2. The molecule has 21 heavy (non-hydrogen) atoms. The molecule has 0 aliphatic heterocycles. The number of amides is 1. The molecule has 0 heterocycles. The van der Waals surface area contributed by atoms with Crippen molar-refractivity contribution in [2.75, 3.05) is 19.0 Å². The van der Waals surface area contributed by atoms with E-state index in [1.54, 1.807) is 0 Å². The number of anilines is 1. The number of carbonyl (C=O) groups is 1. The molecular weight excluding hydrogens is 260 g/mol. The Kier molecular flexibility index (Phi) is 3.92. The van der Waals surface area contributed by atoms with E-state index < -0.39 is 0 Å². The van der Waals surface area contributed by atoms with Crippen molar-refractivity contribution in [1.29, 1.82) is 0 Å². The van der Waals surface area contributed by atoms with Crippen LogP contribution < -0.4 is 10.2 Å². The molecule has 0 unspecified atom stereocenters. The van der Waals surface area contributed by atoms with Crippen molar-refractivity contribution in [3.05, 3.63) is 29.8 Å². The topological polar surface area (TPSA) is 32.3 Å². The quantitative estimate of drug-likeness (QED) is 0.921. The molecule has 1 amide bonds. The van der Waals surface area contributed by atoms with E-state index in [4.69, 9.17) is 0 Å². The second-order valence-electron chi connectivity index (χ2n) is 7.04. The van der Waals surface area contributed by atoms with Crippen molar-refractivity contribution in [1.82, 2.24) is 5.32 Å². The Morgan fingerprint density at radius 2 is 1.90 bits per heavy atom. The molecule has 2 aliphatic rings. The Balaban J connectivity index is 1.60. The van der Waals surface area contributed by atoms with Gasteiger partial charge in [-0.05, 0) is 68.2 Å². The zero-order valence-electron chi connectivity index (χ0n) is 13.3. The summed E-state index contributed by atoms with van der Waals surface area (Å²) in [5, 5.41) is 3.22. The lowest BCUT2D eigenvalue weighted by Crippen LogP contribution is -2.40. The van der Waals surface area contributed by atoms with Gasteiger partial charge in [0.1, 0.15) is 0 Å². The predicted molar refractivity (Wildman–Crippen MR) is 86.6 cm³/mol. The Bertz CT molecular complexity index is 508. The van der Waals surface area contributed by atoms with Crippen LogP contribution in [0, 0.1) is 17.8 Å². The second kappa shape index (κ2) is 5.70. The van der Waals surface area contributed by atoms with Gasteiger partial charge in [0, 0.05) is 31.4 Å². The number of nitrogens with zero attached hydrogens (tertiary/aromatic N) is 1. The van der Waals surface area contributed by atoms with Crippen LogP contribution in [0.15, 0.2) is 24.3 Å². The standard InChI is InChI=1S/C18H26N2O/c1-12(17-11-13-4-5-15(17)10-13)19-18(21)14-6-8-16(9-7-14)20(2)3/h6-9,12-13,15,17H,4-5,10-11H2,1-3H3,(H,19,21)/t12-,13-,15-,17-/m0/s1. The molecule has 0 saturated heterocycles. The van der Waals surface area contributed by atoms with Gasteiger partial charge >= 0.3 is 0 Å². The lowest BCUT2D eigenvalue weighted by atomic mass is 9.84. The Labute approximate surface area is 127 Å². The molecule has 1 N–H and O–H groups in total. The largest absolute Gasteiger partial charge is 0.378 e. The van der Waals surface area contributed by atoms with Gasteiger partial charge in [-0.15, -0.1) is 0 Å². The third kappa shape index (κ3) is 2.92. The van der Waals surface area contributed by atoms with Crippen LogP contribution in [0.2, 0.25) is 0 Å². The summed E-state index contributed by atoms with van der Waals surface area (Å²) in [6.45, 7) is 2.18. The van der Waals surface area contributed by atoms with Gasteiger partial charge in [-0.25, -0.2) is 0 Å². The fourth-order valence-electron chi connectivity index (χ4n) is 4.21. The first-order valence-electron chi connectivity index (χ1n) is 8.13. The van der Waals surface area contributed by atoms with Gasteiger partial charge < -0.3 is 10.2 Å². The van der Waals surface area contributed by atoms with Gasteiger partial charge in [0.25, 0.3) is 5.91 Å². The van der Waals surface area contributed by atoms with E-state index in [2.05, 4.69) is 12.2 Å². The summed E-state index contributed by atoms with van der Waals surface area (Å²) >= 11 is 0. The Morgan fingerprint density at radius 3 is 2.43 bits per heavy atom. The van der Waals surface area contributed by atoms with Crippen molar-refractivity contribution in [3.8, 4) is 0 Å². The summed E-state index contributed by atoms with van der Waals surface area (Å²) < 4.78 is 0. The number of benzene rings is 1. The fourth-order valence-corrected chi connectivity index (χ4v) is 4.21. The van der Waals surface area contributed by atoms with Crippen LogP contribution in [0.3, 0.4) is 0 Å². The van der Waals surface area contributed by atoms with Gasteiger partial charge in [0.05, 0.1) is 0 Å². The third-order valence-corrected chi connectivity index (χ3v) is 5.44. The first-order chi connectivity index (χ1) is 10.0. The van der Waals surface area contributed by atoms with Crippen LogP contribution >= 0.6 is 0 Å². The average Bonchev–Trinajstić information content (AvgIpc) is 3.10. The van der Waals surface area contributed by atoms with E-state index in [0.717, 1.165) is 23.1 Å². The van der Waals surface area contributed by atoms with Crippen LogP contribution in [-0.4, -0.2) is 26.0 Å². The lowest BCUT2D eigenvalue weighted by molar-refractivity contribution is 0.0915. The van der Waals surface area contributed by atoms with Crippen LogP contribution in [0.25, 0.3) is 0 Å². The monoisotopic (exact) mass is 286 g/mol. The molecule has 2 saturated carbocycles. The van der Waals surface area contributed by atoms with E-state index in [0.29, 0.717) is 12.0 Å². The van der Waals surface area contributed by atoms with Crippen molar-refractivity contribution >= 4 is 11.6 Å². The smallest absolute Gasteiger partial charge is 0.251 e. The first kappa shape index (κ1) is 14.4. The van der Waals surface area contributed by atoms with Gasteiger partial charge in [0.15, 0.2) is 0 Å². The highest BCUT2D eigenvalue weighted by Crippen LogP contribution is 2.49. The molecule has 1 aromatic carbocycles. The number of nitrogens with one attached hydrogen (secondary N) is 1. The molecule has 0 radical (unpaired) electrons. The van der Waals surface area contributed by atoms with Gasteiger partial charge in [0.2, 0.25) is 0 Å². The minimum atomic E-state index is 0.0654. The van der Waals surface area contributed by atoms with Crippen LogP contribution in [-0.2, 0) is 0 Å². The summed E-state index contributed by atoms with van der Waals surface area (Å²) in [5.74, 6) is 2.53. The number of carbonyl (C=O) groups excluding carboxylic acids is 1. The minimum absolute atomic E-state index is 0.0654. The van der Waals surface area contributed by atoms with E-state index in [1.807, 2.05) is 43.3 Å². The summed E-state index contributed by atoms with van der Waals surface area (Å²) in [6, 6.07) is 8.12. The molecule has 0 spiro atoms. The summed E-state index contributed by atoms with van der Waals surface area (Å²) in [5.41, 5.74) is 1.88. The predicted octanol–water partition coefficient (Wildman–Crippen LogP) is 3.31. The molecule has 3 heteroatoms. The minimum Gasteiger partial charge on any atom is -0.378 e. The molecule has 2 bridgehead atoms. The van der Waals surface area contributed by atoms with Gasteiger partial charge in [-0.2, -0.15) is 0 Å². The number of rotatable bonds is 4. The molecule has 4 atom stereocenters. The first-order valence-corrected chi connectivity index (χ1v) is 8.13. The maximum Gasteiger partial charge on any atom is 0.251 e. The number of fused-ring (bicyclic) bond motifs is 2. The van der Waals surface area contributed by atoms with Crippen LogP contribution in [0.1, 0.15) is 43.0 Å². The molecule has 0 aromatic heterocycles. The van der Waals surface area contributed by atoms with Crippen molar-refractivity contribution in [2.45, 2.75) is 38.6 Å². The molecule has 3 nitrogen and oxygen atoms in total. The molecule has 114 valence electrons. The highest BCUT2D eigenvalue weighted by molar-refractivity contribution is 5.94. The maximum absolute atomic E-state index is 12.4. The highest BCUT2D eigenvalue weighted by Gasteiger charge is 2.42. The maximum atomic E-state index is 12.4. The van der Waals surface area contributed by atoms with Crippen molar-refractivity contribution in [2.24, 2.45) is 17.8 Å². The average molecular weight is 286 g/mol. The normalized spacial score (nSPS) is 28.4. The zero-order chi connectivity index (χ0) is 15.0. The van der Waals surface area contributed by atoms with Crippen molar-refractivity contribution < 1.29 is 4.79 Å². The third-order valence-electron chi connectivity index (χ3n) is 5.44. The van der Waals surface area contributed by atoms with E-state index in [1.165, 1.54) is 25.7 Å². The van der Waals surface area contributed by atoms with Crippen molar-refractivity contribution in [3.63, 3.8) is 0 Å². The SMILES string of the molecule is C[C@H](NC(=O)c1ccc(N(C)C)cc1)[C@@H]1C[C@H]2CC[C@H]1C2. The highest BCUT2D eigenvalue weighted by atomic mass is 16.1. The zero-order valence-corrected chi connectivity index (χ0v) is 13.3. The lowest BCUT2D eigenvalue weighted by Gasteiger charge is -2.28. The Morgan fingerprint density at radius 1 is 1.19 bits per heavy atom. The van der Waals surface area contributed by atoms with E-state index >= 15 is 0 Å². The fraction of sp³-hybridized carbons (Fsp3) is 0.611. The van der Waals surface area contributed by atoms with Crippen LogP contribution in [0.4, 0.5) is 5.69 Å². The van der Waals surface area contributed by atoms with E-state index in [-0.39, 0.29) is 5.91 Å². The molecule has 2 aliphatic carbocycles. The summed E-state index contributed by atoms with van der Waals surface area (Å²) in [4.78, 5) is 14.4. The summed E-state index contributed by atoms with van der Waals surface area (Å²) in [7, 11) is 4.01. The molecule has 2 fully saturated rings. The number of hydrogen-bond donors (Lipinski definition) is 1. The molecular formula is C18H26N2O. The van der Waals surface area contributed by atoms with Crippen LogP contribution in [0.5, 0.6) is 0 Å². The van der Waals surface area contributed by atoms with Gasteiger partial charge in [-0.3, -0.25) is 4.79 Å².